The van der Waals surface area contributed by atoms with Crippen molar-refractivity contribution in [2.75, 3.05) is 32.7 Å². The maximum absolute atomic E-state index is 11.7. The van der Waals surface area contributed by atoms with Gasteiger partial charge in [0.1, 0.15) is 0 Å². The fourth-order valence-electron chi connectivity index (χ4n) is 1.24. The van der Waals surface area contributed by atoms with E-state index in [2.05, 4.69) is 0 Å². The van der Waals surface area contributed by atoms with E-state index in [-0.39, 0.29) is 6.03 Å². The summed E-state index contributed by atoms with van der Waals surface area (Å²) in [6.45, 7) is 9.36. The van der Waals surface area contributed by atoms with Crippen molar-refractivity contribution >= 4 is 6.03 Å². The molecule has 2 amide bonds. The van der Waals surface area contributed by atoms with Gasteiger partial charge in [-0.3, -0.25) is 0 Å². The second-order valence-electron chi connectivity index (χ2n) is 2.82. The first-order chi connectivity index (χ1) is 6.21. The van der Waals surface area contributed by atoms with Gasteiger partial charge in [0, 0.05) is 32.7 Å². The maximum atomic E-state index is 11.7. The molecule has 0 aromatic carbocycles. The van der Waals surface area contributed by atoms with Gasteiger partial charge in [0.15, 0.2) is 0 Å². The lowest BCUT2D eigenvalue weighted by atomic mass is 10.4. The number of nitrogens with two attached hydrogens (primary N) is 1. The van der Waals surface area contributed by atoms with E-state index < -0.39 is 0 Å². The molecule has 0 aliphatic rings. The zero-order chi connectivity index (χ0) is 10.3. The van der Waals surface area contributed by atoms with Gasteiger partial charge in [0.2, 0.25) is 0 Å². The molecule has 0 saturated heterocycles. The Morgan fingerprint density at radius 3 is 1.85 bits per heavy atom. The van der Waals surface area contributed by atoms with E-state index in [1.54, 1.807) is 9.80 Å². The van der Waals surface area contributed by atoms with Crippen molar-refractivity contribution < 1.29 is 4.79 Å². The quantitative estimate of drug-likeness (QED) is 0.689. The van der Waals surface area contributed by atoms with Crippen LogP contribution in [0.1, 0.15) is 20.8 Å². The average Bonchev–Trinajstić information content (AvgIpc) is 2.15. The van der Waals surface area contributed by atoms with Crippen LogP contribution in [-0.2, 0) is 0 Å². The van der Waals surface area contributed by atoms with Crippen LogP contribution in [0.3, 0.4) is 0 Å². The largest absolute Gasteiger partial charge is 0.329 e. The van der Waals surface area contributed by atoms with Crippen molar-refractivity contribution in [3.05, 3.63) is 0 Å². The van der Waals surface area contributed by atoms with Gasteiger partial charge in [-0.25, -0.2) is 4.79 Å². The molecule has 4 heteroatoms. The van der Waals surface area contributed by atoms with E-state index in [0.29, 0.717) is 13.1 Å². The number of hydrogen-bond donors (Lipinski definition) is 1. The van der Waals surface area contributed by atoms with Crippen LogP contribution in [0.25, 0.3) is 0 Å². The summed E-state index contributed by atoms with van der Waals surface area (Å²) in [5, 5.41) is 0. The Hall–Kier alpha value is -0.770. The monoisotopic (exact) mass is 187 g/mol. The first-order valence-electron chi connectivity index (χ1n) is 4.95. The first kappa shape index (κ1) is 12.2. The van der Waals surface area contributed by atoms with Crippen LogP contribution in [0.5, 0.6) is 0 Å². The standard InChI is InChI=1S/C9H21N3O/c1-4-11(5-2)9(13)12(6-3)8-7-10/h4-8,10H2,1-3H3. The molecule has 0 aliphatic carbocycles. The van der Waals surface area contributed by atoms with Gasteiger partial charge in [0.05, 0.1) is 0 Å². The summed E-state index contributed by atoms with van der Waals surface area (Å²) in [7, 11) is 0. The number of hydrogen-bond acceptors (Lipinski definition) is 2. The molecule has 0 aromatic rings. The molecule has 0 aliphatic heterocycles. The zero-order valence-electron chi connectivity index (χ0n) is 8.92. The van der Waals surface area contributed by atoms with Crippen LogP contribution in [0.4, 0.5) is 4.79 Å². The van der Waals surface area contributed by atoms with Gasteiger partial charge in [-0.1, -0.05) is 0 Å². The zero-order valence-corrected chi connectivity index (χ0v) is 8.92. The fourth-order valence-corrected chi connectivity index (χ4v) is 1.24. The topological polar surface area (TPSA) is 49.6 Å². The van der Waals surface area contributed by atoms with E-state index in [1.807, 2.05) is 20.8 Å². The third-order valence-corrected chi connectivity index (χ3v) is 2.09. The number of carbonyl (C=O) groups is 1. The molecule has 0 spiro atoms. The molecular formula is C9H21N3O. The van der Waals surface area contributed by atoms with Crippen molar-refractivity contribution in [1.29, 1.82) is 0 Å². The third-order valence-electron chi connectivity index (χ3n) is 2.09. The second-order valence-corrected chi connectivity index (χ2v) is 2.82. The highest BCUT2D eigenvalue weighted by atomic mass is 16.2. The molecule has 0 aromatic heterocycles. The molecule has 0 fully saturated rings. The highest BCUT2D eigenvalue weighted by Gasteiger charge is 2.15. The average molecular weight is 187 g/mol. The molecule has 0 bridgehead atoms. The molecule has 0 rings (SSSR count). The summed E-state index contributed by atoms with van der Waals surface area (Å²) < 4.78 is 0. The van der Waals surface area contributed by atoms with Gasteiger partial charge in [-0.15, -0.1) is 0 Å². The predicted octanol–water partition coefficient (Wildman–Crippen LogP) is 0.729. The summed E-state index contributed by atoms with van der Waals surface area (Å²) in [6, 6.07) is 0.0953. The van der Waals surface area contributed by atoms with E-state index in [0.717, 1.165) is 19.6 Å². The highest BCUT2D eigenvalue weighted by Crippen LogP contribution is 1.97. The Labute approximate surface area is 80.7 Å². The van der Waals surface area contributed by atoms with Crippen LogP contribution in [0, 0.1) is 0 Å². The molecule has 13 heavy (non-hydrogen) atoms. The summed E-state index contributed by atoms with van der Waals surface area (Å²) >= 11 is 0. The van der Waals surface area contributed by atoms with Gasteiger partial charge < -0.3 is 15.5 Å². The number of likely N-dealkylation sites (N-methyl/N-ethyl adjacent to an activating group) is 1. The van der Waals surface area contributed by atoms with Crippen molar-refractivity contribution in [3.8, 4) is 0 Å². The SMILES string of the molecule is CCN(CC)C(=O)N(CC)CCN. The van der Waals surface area contributed by atoms with Crippen LogP contribution in [0.15, 0.2) is 0 Å². The molecule has 4 nitrogen and oxygen atoms in total. The number of rotatable bonds is 5. The highest BCUT2D eigenvalue weighted by molar-refractivity contribution is 5.74. The van der Waals surface area contributed by atoms with E-state index >= 15 is 0 Å². The number of nitrogens with zero attached hydrogens (tertiary/aromatic N) is 2. The van der Waals surface area contributed by atoms with Crippen molar-refractivity contribution in [1.82, 2.24) is 9.80 Å². The van der Waals surface area contributed by atoms with Gasteiger partial charge in [-0.05, 0) is 20.8 Å². The molecule has 0 atom stereocenters. The minimum absolute atomic E-state index is 0.0953. The Bertz CT molecular complexity index is 146. The van der Waals surface area contributed by atoms with E-state index in [4.69, 9.17) is 5.73 Å². The van der Waals surface area contributed by atoms with Crippen molar-refractivity contribution in [3.63, 3.8) is 0 Å². The Kier molecular flexibility index (Phi) is 6.32. The van der Waals surface area contributed by atoms with Crippen LogP contribution >= 0.6 is 0 Å². The normalized spacial score (nSPS) is 9.85. The summed E-state index contributed by atoms with van der Waals surface area (Å²) in [5.74, 6) is 0. The molecule has 0 saturated carbocycles. The fraction of sp³-hybridized carbons (Fsp3) is 0.889. The predicted molar refractivity (Wildman–Crippen MR) is 54.6 cm³/mol. The first-order valence-corrected chi connectivity index (χ1v) is 4.95. The van der Waals surface area contributed by atoms with E-state index in [1.165, 1.54) is 0 Å². The van der Waals surface area contributed by atoms with E-state index in [9.17, 15) is 4.79 Å². The van der Waals surface area contributed by atoms with Crippen LogP contribution in [0.2, 0.25) is 0 Å². The van der Waals surface area contributed by atoms with Crippen LogP contribution < -0.4 is 5.73 Å². The van der Waals surface area contributed by atoms with Crippen LogP contribution in [-0.4, -0.2) is 48.6 Å². The smallest absolute Gasteiger partial charge is 0.320 e. The Balaban J connectivity index is 4.16. The second kappa shape index (κ2) is 6.71. The van der Waals surface area contributed by atoms with Gasteiger partial charge >= 0.3 is 6.03 Å². The summed E-state index contributed by atoms with van der Waals surface area (Å²) in [5.41, 5.74) is 5.41. The lowest BCUT2D eigenvalue weighted by molar-refractivity contribution is 0.161. The van der Waals surface area contributed by atoms with Crippen molar-refractivity contribution in [2.24, 2.45) is 5.73 Å². The molecule has 78 valence electrons. The Morgan fingerprint density at radius 2 is 1.54 bits per heavy atom. The van der Waals surface area contributed by atoms with Crippen molar-refractivity contribution in [2.45, 2.75) is 20.8 Å². The molecule has 0 radical (unpaired) electrons. The summed E-state index contributed by atoms with van der Waals surface area (Å²) in [4.78, 5) is 15.3. The molecular weight excluding hydrogens is 166 g/mol. The number of amides is 2. The number of carbonyl (C=O) groups excluding carboxylic acids is 1. The summed E-state index contributed by atoms with van der Waals surface area (Å²) in [6.07, 6.45) is 0. The molecule has 0 heterocycles. The minimum atomic E-state index is 0.0953. The minimum Gasteiger partial charge on any atom is -0.329 e. The molecule has 0 unspecified atom stereocenters. The lowest BCUT2D eigenvalue weighted by Gasteiger charge is -2.27. The lowest BCUT2D eigenvalue weighted by Crippen LogP contribution is -2.44. The number of urea groups is 1. The third kappa shape index (κ3) is 3.63. The maximum Gasteiger partial charge on any atom is 0.320 e. The van der Waals surface area contributed by atoms with Gasteiger partial charge in [-0.2, -0.15) is 0 Å². The van der Waals surface area contributed by atoms with Gasteiger partial charge in [0.25, 0.3) is 0 Å². The molecule has 2 N–H and O–H groups in total. The Morgan fingerprint density at radius 1 is 1.08 bits per heavy atom.